The van der Waals surface area contributed by atoms with Gasteiger partial charge in [-0.25, -0.2) is 17.2 Å². The first-order valence-corrected chi connectivity index (χ1v) is 13.1. The van der Waals surface area contributed by atoms with Gasteiger partial charge < -0.3 is 10.2 Å². The topological polar surface area (TPSA) is 86.8 Å². The molecule has 2 amide bonds. The van der Waals surface area contributed by atoms with Crippen molar-refractivity contribution in [3.8, 4) is 0 Å². The number of rotatable bonds is 10. The summed E-state index contributed by atoms with van der Waals surface area (Å²) in [6, 6.07) is 16.6. The van der Waals surface area contributed by atoms with E-state index in [0.717, 1.165) is 16.4 Å². The van der Waals surface area contributed by atoms with Crippen LogP contribution in [-0.4, -0.2) is 43.8 Å². The van der Waals surface area contributed by atoms with Crippen LogP contribution in [0.2, 0.25) is 0 Å². The number of benzene rings is 3. The molecule has 0 saturated heterocycles. The quantitative estimate of drug-likeness (QED) is 0.429. The van der Waals surface area contributed by atoms with Crippen LogP contribution in [0.25, 0.3) is 0 Å². The summed E-state index contributed by atoms with van der Waals surface area (Å²) in [5.74, 6) is -2.11. The van der Waals surface area contributed by atoms with Gasteiger partial charge in [-0.3, -0.25) is 13.9 Å². The van der Waals surface area contributed by atoms with E-state index in [1.54, 1.807) is 32.0 Å². The van der Waals surface area contributed by atoms with Gasteiger partial charge in [-0.05, 0) is 74.9 Å². The first-order chi connectivity index (χ1) is 17.5. The summed E-state index contributed by atoms with van der Waals surface area (Å²) in [6.45, 7) is 4.38. The highest BCUT2D eigenvalue weighted by Crippen LogP contribution is 2.25. The molecule has 0 saturated carbocycles. The van der Waals surface area contributed by atoms with Crippen LogP contribution in [0.4, 0.5) is 14.5 Å². The van der Waals surface area contributed by atoms with E-state index in [-0.39, 0.29) is 23.2 Å². The Morgan fingerprint density at radius 3 is 1.92 bits per heavy atom. The van der Waals surface area contributed by atoms with Crippen molar-refractivity contribution >= 4 is 27.5 Å². The van der Waals surface area contributed by atoms with Crippen molar-refractivity contribution < 1.29 is 26.8 Å². The summed E-state index contributed by atoms with van der Waals surface area (Å²) in [6.07, 6.45) is 0. The van der Waals surface area contributed by atoms with Crippen LogP contribution >= 0.6 is 0 Å². The average Bonchev–Trinajstić information content (AvgIpc) is 2.87. The van der Waals surface area contributed by atoms with Crippen molar-refractivity contribution in [2.45, 2.75) is 44.3 Å². The van der Waals surface area contributed by atoms with Gasteiger partial charge in [-0.2, -0.15) is 0 Å². The van der Waals surface area contributed by atoms with E-state index in [1.807, 2.05) is 0 Å². The molecule has 1 atom stereocenters. The second-order valence-corrected chi connectivity index (χ2v) is 10.7. The van der Waals surface area contributed by atoms with Crippen molar-refractivity contribution in [1.82, 2.24) is 10.2 Å². The van der Waals surface area contributed by atoms with Gasteiger partial charge >= 0.3 is 0 Å². The van der Waals surface area contributed by atoms with E-state index < -0.39 is 46.1 Å². The molecule has 0 unspecified atom stereocenters. The zero-order valence-corrected chi connectivity index (χ0v) is 21.6. The molecule has 0 heterocycles. The molecule has 196 valence electrons. The third-order valence-electron chi connectivity index (χ3n) is 5.59. The maximum Gasteiger partial charge on any atom is 0.264 e. The first kappa shape index (κ1) is 27.8. The Kier molecular flexibility index (Phi) is 8.99. The number of sulfonamides is 1. The fraction of sp³-hybridized carbons (Fsp3) is 0.259. The van der Waals surface area contributed by atoms with Gasteiger partial charge in [0.15, 0.2) is 0 Å². The summed E-state index contributed by atoms with van der Waals surface area (Å²) in [4.78, 5) is 27.7. The number of halogens is 2. The summed E-state index contributed by atoms with van der Waals surface area (Å²) < 4.78 is 55.1. The van der Waals surface area contributed by atoms with E-state index in [0.29, 0.717) is 5.56 Å². The largest absolute Gasteiger partial charge is 0.352 e. The lowest BCUT2D eigenvalue weighted by atomic mass is 10.1. The van der Waals surface area contributed by atoms with Crippen LogP contribution in [0.5, 0.6) is 0 Å². The van der Waals surface area contributed by atoms with Gasteiger partial charge in [0.2, 0.25) is 11.8 Å². The highest BCUT2D eigenvalue weighted by molar-refractivity contribution is 7.92. The fourth-order valence-electron chi connectivity index (χ4n) is 3.63. The molecule has 3 aromatic carbocycles. The van der Waals surface area contributed by atoms with Crippen molar-refractivity contribution in [2.75, 3.05) is 10.8 Å². The van der Waals surface area contributed by atoms with Crippen LogP contribution in [0.15, 0.2) is 83.8 Å². The molecule has 3 rings (SSSR count). The molecule has 1 N–H and O–H groups in total. The van der Waals surface area contributed by atoms with E-state index >= 15 is 0 Å². The number of nitrogens with zero attached hydrogens (tertiary/aromatic N) is 2. The van der Waals surface area contributed by atoms with Crippen LogP contribution in [0, 0.1) is 11.6 Å². The predicted molar refractivity (Wildman–Crippen MR) is 137 cm³/mol. The number of anilines is 1. The number of hydrogen-bond acceptors (Lipinski definition) is 4. The van der Waals surface area contributed by atoms with E-state index in [1.165, 1.54) is 60.4 Å². The lowest BCUT2D eigenvalue weighted by molar-refractivity contribution is -0.139. The van der Waals surface area contributed by atoms with Gasteiger partial charge in [0.05, 0.1) is 10.6 Å². The molecule has 0 aliphatic rings. The highest BCUT2D eigenvalue weighted by Gasteiger charge is 2.32. The van der Waals surface area contributed by atoms with Gasteiger partial charge in [-0.15, -0.1) is 0 Å². The Hall–Kier alpha value is -3.79. The SMILES string of the molecule is CC(C)NC(=O)[C@@H](C)N(Cc1ccc(F)cc1)C(=O)CN(c1ccc(F)cc1)S(=O)(=O)c1ccccc1. The zero-order chi connectivity index (χ0) is 27.2. The third kappa shape index (κ3) is 7.13. The Bertz CT molecular complexity index is 1320. The Morgan fingerprint density at radius 1 is 0.838 bits per heavy atom. The molecule has 0 radical (unpaired) electrons. The standard InChI is InChI=1S/C27H29F2N3O4S/c1-19(2)30-27(34)20(3)31(17-21-9-11-22(28)12-10-21)26(33)18-32(24-15-13-23(29)14-16-24)37(35,36)25-7-5-4-6-8-25/h4-16,19-20H,17-18H2,1-3H3,(H,30,34)/t20-/m1/s1. The molecule has 3 aromatic rings. The minimum atomic E-state index is -4.23. The van der Waals surface area contributed by atoms with Crippen LogP contribution < -0.4 is 9.62 Å². The lowest BCUT2D eigenvalue weighted by Gasteiger charge is -2.32. The van der Waals surface area contributed by atoms with Crippen molar-refractivity contribution in [3.05, 3.63) is 96.1 Å². The maximum atomic E-state index is 13.7. The Balaban J connectivity index is 2.00. The molecular formula is C27H29F2N3O4S. The average molecular weight is 530 g/mol. The molecule has 0 aromatic heterocycles. The molecular weight excluding hydrogens is 500 g/mol. The van der Waals surface area contributed by atoms with Crippen LogP contribution in [0.3, 0.4) is 0 Å². The van der Waals surface area contributed by atoms with E-state index in [9.17, 15) is 26.8 Å². The van der Waals surface area contributed by atoms with Crippen molar-refractivity contribution in [3.63, 3.8) is 0 Å². The number of carbonyl (C=O) groups is 2. The minimum Gasteiger partial charge on any atom is -0.352 e. The van der Waals surface area contributed by atoms with Gasteiger partial charge in [0, 0.05) is 12.6 Å². The number of nitrogens with one attached hydrogen (secondary N) is 1. The molecule has 0 bridgehead atoms. The van der Waals surface area contributed by atoms with Crippen molar-refractivity contribution in [1.29, 1.82) is 0 Å². The predicted octanol–water partition coefficient (Wildman–Crippen LogP) is 4.10. The van der Waals surface area contributed by atoms with Crippen molar-refractivity contribution in [2.24, 2.45) is 0 Å². The molecule has 0 aliphatic heterocycles. The van der Waals surface area contributed by atoms with Gasteiger partial charge in [0.1, 0.15) is 24.2 Å². The lowest BCUT2D eigenvalue weighted by Crippen LogP contribution is -2.52. The highest BCUT2D eigenvalue weighted by atomic mass is 32.2. The summed E-state index contributed by atoms with van der Waals surface area (Å²) in [5, 5.41) is 2.75. The first-order valence-electron chi connectivity index (χ1n) is 11.7. The van der Waals surface area contributed by atoms with Gasteiger partial charge in [0.25, 0.3) is 10.0 Å². The molecule has 0 aliphatic carbocycles. The van der Waals surface area contributed by atoms with Gasteiger partial charge in [-0.1, -0.05) is 30.3 Å². The second kappa shape index (κ2) is 12.0. The van der Waals surface area contributed by atoms with Crippen LogP contribution in [0.1, 0.15) is 26.3 Å². The zero-order valence-electron chi connectivity index (χ0n) is 20.8. The second-order valence-electron chi connectivity index (χ2n) is 8.79. The number of carbonyl (C=O) groups excluding carboxylic acids is 2. The smallest absolute Gasteiger partial charge is 0.264 e. The minimum absolute atomic E-state index is 0.0530. The van der Waals surface area contributed by atoms with Crippen LogP contribution in [-0.2, 0) is 26.2 Å². The molecule has 0 fully saturated rings. The number of hydrogen-bond donors (Lipinski definition) is 1. The molecule has 0 spiro atoms. The fourth-order valence-corrected chi connectivity index (χ4v) is 5.07. The normalized spacial score (nSPS) is 12.2. The number of amides is 2. The van der Waals surface area contributed by atoms with E-state index in [2.05, 4.69) is 5.32 Å². The maximum absolute atomic E-state index is 13.7. The summed E-state index contributed by atoms with van der Waals surface area (Å²) in [7, 11) is -4.23. The molecule has 37 heavy (non-hydrogen) atoms. The Morgan fingerprint density at radius 2 is 1.38 bits per heavy atom. The summed E-state index contributed by atoms with van der Waals surface area (Å²) >= 11 is 0. The third-order valence-corrected chi connectivity index (χ3v) is 7.38. The monoisotopic (exact) mass is 529 g/mol. The molecule has 10 heteroatoms. The Labute approximate surface area is 215 Å². The molecule has 7 nitrogen and oxygen atoms in total. The summed E-state index contributed by atoms with van der Waals surface area (Å²) in [5.41, 5.74) is 0.637. The van der Waals surface area contributed by atoms with E-state index in [4.69, 9.17) is 0 Å².